The monoisotopic (exact) mass is 476 g/mol. The summed E-state index contributed by atoms with van der Waals surface area (Å²) in [6.07, 6.45) is 2.04. The van der Waals surface area contributed by atoms with Crippen molar-refractivity contribution in [3.05, 3.63) is 88.0 Å². The molecule has 0 radical (unpaired) electrons. The summed E-state index contributed by atoms with van der Waals surface area (Å²) >= 11 is 0. The van der Waals surface area contributed by atoms with Crippen molar-refractivity contribution in [2.75, 3.05) is 24.6 Å². The lowest BCUT2D eigenvalue weighted by molar-refractivity contribution is -0.126. The molecule has 7 nitrogen and oxygen atoms in total. The van der Waals surface area contributed by atoms with Crippen molar-refractivity contribution in [3.63, 3.8) is 0 Å². The number of fused-ring (bicyclic) bond motifs is 5. The molecule has 1 aromatic heterocycles. The van der Waals surface area contributed by atoms with E-state index in [4.69, 9.17) is 9.15 Å². The molecule has 5 rings (SSSR count). The molecule has 8 heteroatoms. The lowest BCUT2D eigenvalue weighted by Gasteiger charge is -2.34. The second-order valence-electron chi connectivity index (χ2n) is 8.94. The predicted molar refractivity (Wildman–Crippen MR) is 129 cm³/mol. The smallest absolute Gasteiger partial charge is 0.291 e. The van der Waals surface area contributed by atoms with Crippen LogP contribution in [0, 0.1) is 5.82 Å². The van der Waals surface area contributed by atoms with Crippen molar-refractivity contribution in [1.29, 1.82) is 0 Å². The molecule has 180 valence electrons. The van der Waals surface area contributed by atoms with Crippen molar-refractivity contribution in [3.8, 4) is 0 Å². The van der Waals surface area contributed by atoms with Crippen LogP contribution in [0.15, 0.2) is 64.3 Å². The van der Waals surface area contributed by atoms with Crippen LogP contribution in [0.3, 0.4) is 0 Å². The predicted octanol–water partition coefficient (Wildman–Crippen LogP) is 3.98. The van der Waals surface area contributed by atoms with E-state index in [9.17, 15) is 18.8 Å². The molecule has 0 saturated carbocycles. The lowest BCUT2D eigenvalue weighted by atomic mass is 9.84. The van der Waals surface area contributed by atoms with Crippen LogP contribution in [0.25, 0.3) is 11.0 Å². The summed E-state index contributed by atoms with van der Waals surface area (Å²) in [4.78, 5) is 44.7. The third kappa shape index (κ3) is 3.24. The van der Waals surface area contributed by atoms with E-state index >= 15 is 0 Å². The van der Waals surface area contributed by atoms with E-state index in [2.05, 4.69) is 6.58 Å². The van der Waals surface area contributed by atoms with Crippen LogP contribution in [0.1, 0.15) is 41.9 Å². The van der Waals surface area contributed by atoms with Crippen LogP contribution < -0.4 is 10.3 Å². The van der Waals surface area contributed by atoms with Gasteiger partial charge < -0.3 is 19.0 Å². The minimum Gasteiger partial charge on any atom is -0.450 e. The highest BCUT2D eigenvalue weighted by Crippen LogP contribution is 2.52. The number of para-hydroxylation sites is 1. The molecule has 2 aromatic carbocycles. The Balaban J connectivity index is 1.78. The summed E-state index contributed by atoms with van der Waals surface area (Å²) in [5, 5.41) is -0.0200. The fourth-order valence-electron chi connectivity index (χ4n) is 5.12. The number of hydrogen-bond acceptors (Lipinski definition) is 5. The van der Waals surface area contributed by atoms with E-state index < -0.39 is 28.6 Å². The quantitative estimate of drug-likeness (QED) is 0.381. The molecule has 35 heavy (non-hydrogen) atoms. The molecule has 2 aliphatic heterocycles. The Labute approximate surface area is 201 Å². The largest absolute Gasteiger partial charge is 0.450 e. The van der Waals surface area contributed by atoms with Gasteiger partial charge in [-0.1, -0.05) is 24.3 Å². The van der Waals surface area contributed by atoms with E-state index in [1.165, 1.54) is 15.9 Å². The molecule has 0 N–H and O–H groups in total. The summed E-state index contributed by atoms with van der Waals surface area (Å²) in [5.74, 6) is -1.81. The van der Waals surface area contributed by atoms with Gasteiger partial charge in [-0.25, -0.2) is 4.39 Å². The third-order valence-corrected chi connectivity index (χ3v) is 6.49. The first-order valence-corrected chi connectivity index (χ1v) is 11.5. The Morgan fingerprint density at radius 1 is 1.17 bits per heavy atom. The van der Waals surface area contributed by atoms with Crippen molar-refractivity contribution in [2.45, 2.75) is 31.9 Å². The number of nitrogens with zero attached hydrogens (tertiary/aromatic N) is 2. The molecular weight excluding hydrogens is 451 g/mol. The molecule has 1 spiro atoms. The van der Waals surface area contributed by atoms with E-state index in [0.717, 1.165) is 12.1 Å². The number of carbonyl (C=O) groups is 2. The first-order chi connectivity index (χ1) is 16.8. The Kier molecular flexibility index (Phi) is 5.56. The summed E-state index contributed by atoms with van der Waals surface area (Å²) in [6.45, 7) is 8.30. The molecule has 2 amide bonds. The zero-order valence-corrected chi connectivity index (χ0v) is 19.5. The summed E-state index contributed by atoms with van der Waals surface area (Å²) in [5.41, 5.74) is -1.21. The van der Waals surface area contributed by atoms with E-state index in [1.807, 2.05) is 13.8 Å². The van der Waals surface area contributed by atoms with Crippen LogP contribution in [-0.2, 0) is 15.1 Å². The van der Waals surface area contributed by atoms with Gasteiger partial charge in [0, 0.05) is 25.3 Å². The molecule has 2 aliphatic rings. The van der Waals surface area contributed by atoms with Crippen molar-refractivity contribution < 1.29 is 23.1 Å². The van der Waals surface area contributed by atoms with Gasteiger partial charge in [-0.2, -0.15) is 0 Å². The fraction of sp³-hybridized carbons (Fsp3) is 0.296. The van der Waals surface area contributed by atoms with Gasteiger partial charge in [-0.3, -0.25) is 14.4 Å². The summed E-state index contributed by atoms with van der Waals surface area (Å²) < 4.78 is 25.6. The Hall–Kier alpha value is -3.78. The molecular formula is C27H25FN2O5. The average Bonchev–Trinajstić information content (AvgIpc) is 3.22. The first-order valence-electron chi connectivity index (χ1n) is 11.5. The van der Waals surface area contributed by atoms with Gasteiger partial charge in [0.25, 0.3) is 11.8 Å². The van der Waals surface area contributed by atoms with Gasteiger partial charge in [-0.15, -0.1) is 6.58 Å². The average molecular weight is 477 g/mol. The Morgan fingerprint density at radius 3 is 2.69 bits per heavy atom. The van der Waals surface area contributed by atoms with Crippen LogP contribution in [0.4, 0.5) is 10.1 Å². The highest BCUT2D eigenvalue weighted by molar-refractivity contribution is 6.17. The molecule has 0 bridgehead atoms. The molecule has 0 fully saturated rings. The van der Waals surface area contributed by atoms with Crippen molar-refractivity contribution >= 4 is 28.5 Å². The highest BCUT2D eigenvalue weighted by atomic mass is 19.1. The topological polar surface area (TPSA) is 80.1 Å². The maximum atomic E-state index is 14.2. The van der Waals surface area contributed by atoms with Crippen LogP contribution >= 0.6 is 0 Å². The molecule has 3 heterocycles. The number of hydrogen-bond donors (Lipinski definition) is 0. The first kappa shape index (κ1) is 23.0. The van der Waals surface area contributed by atoms with E-state index in [0.29, 0.717) is 24.3 Å². The summed E-state index contributed by atoms with van der Waals surface area (Å²) in [7, 11) is 0. The van der Waals surface area contributed by atoms with Gasteiger partial charge in [0.05, 0.1) is 22.7 Å². The maximum absolute atomic E-state index is 14.2. The Morgan fingerprint density at radius 2 is 1.94 bits per heavy atom. The lowest BCUT2D eigenvalue weighted by Crippen LogP contribution is -2.53. The van der Waals surface area contributed by atoms with Gasteiger partial charge >= 0.3 is 0 Å². The van der Waals surface area contributed by atoms with E-state index in [-0.39, 0.29) is 41.5 Å². The molecule has 0 aliphatic carbocycles. The van der Waals surface area contributed by atoms with Crippen LogP contribution in [0.5, 0.6) is 0 Å². The minimum atomic E-state index is -1.72. The zero-order valence-electron chi connectivity index (χ0n) is 19.5. The second-order valence-corrected chi connectivity index (χ2v) is 8.94. The number of ether oxygens (including phenoxy) is 1. The number of halogens is 1. The van der Waals surface area contributed by atoms with Crippen molar-refractivity contribution in [1.82, 2.24) is 4.90 Å². The number of rotatable bonds is 7. The SMILES string of the molecule is C=CCN1C(=O)C2(c3ccccc31)c1c(oc3ccc(F)cc3c1=O)C(=O)N2CCCOC(C)C. The van der Waals surface area contributed by atoms with Crippen LogP contribution in [-0.4, -0.2) is 42.5 Å². The van der Waals surface area contributed by atoms with Crippen molar-refractivity contribution in [2.24, 2.45) is 0 Å². The van der Waals surface area contributed by atoms with Crippen LogP contribution in [0.2, 0.25) is 0 Å². The van der Waals surface area contributed by atoms with Gasteiger partial charge in [0.15, 0.2) is 11.0 Å². The second kappa shape index (κ2) is 8.46. The zero-order chi connectivity index (χ0) is 24.9. The minimum absolute atomic E-state index is 0.01000. The van der Waals surface area contributed by atoms with Gasteiger partial charge in [0.1, 0.15) is 11.4 Å². The number of anilines is 1. The summed E-state index contributed by atoms with van der Waals surface area (Å²) in [6, 6.07) is 10.6. The van der Waals surface area contributed by atoms with E-state index in [1.54, 1.807) is 30.3 Å². The third-order valence-electron chi connectivity index (χ3n) is 6.49. The highest BCUT2D eigenvalue weighted by Gasteiger charge is 2.64. The normalized spacial score (nSPS) is 18.7. The maximum Gasteiger partial charge on any atom is 0.291 e. The molecule has 1 atom stereocenters. The molecule has 3 aromatic rings. The fourth-order valence-corrected chi connectivity index (χ4v) is 5.12. The van der Waals surface area contributed by atoms with Gasteiger partial charge in [-0.05, 0) is 44.5 Å². The number of benzene rings is 2. The molecule has 0 saturated heterocycles. The van der Waals surface area contributed by atoms with Gasteiger partial charge in [0.2, 0.25) is 5.76 Å². The number of carbonyl (C=O) groups excluding carboxylic acids is 2. The Bertz CT molecular complexity index is 1430. The standard InChI is InChI=1S/C27H25FN2O5/c1-4-12-29-20-9-6-5-8-19(20)27(26(29)33)22-23(31)18-15-17(28)10-11-21(18)35-24(22)25(32)30(27)13-7-14-34-16(2)3/h4-6,8-11,15-16H,1,7,12-14H2,2-3H3. The number of amides is 2. The molecule has 1 unspecified atom stereocenters.